The highest BCUT2D eigenvalue weighted by atomic mass is 32.2. The first-order chi connectivity index (χ1) is 14.8. The highest BCUT2D eigenvalue weighted by Crippen LogP contribution is 2.44. The zero-order chi connectivity index (χ0) is 20.3. The Bertz CT molecular complexity index is 1030. The lowest BCUT2D eigenvalue weighted by Crippen LogP contribution is -2.39. The molecule has 0 aliphatic heterocycles. The molecule has 1 aromatic heterocycles. The molecule has 2 saturated carbocycles. The fourth-order valence-corrected chi connectivity index (χ4v) is 5.36. The zero-order valence-electron chi connectivity index (χ0n) is 16.7. The molecule has 6 heteroatoms. The summed E-state index contributed by atoms with van der Waals surface area (Å²) in [5.74, 6) is 1.87. The van der Waals surface area contributed by atoms with E-state index in [1.165, 1.54) is 31.0 Å². The van der Waals surface area contributed by atoms with Gasteiger partial charge in [0.15, 0.2) is 0 Å². The number of nitrogens with zero attached hydrogens (tertiary/aromatic N) is 3. The monoisotopic (exact) mass is 416 g/mol. The fraction of sp³-hybridized carbons (Fsp3) is 0.333. The summed E-state index contributed by atoms with van der Waals surface area (Å²) < 4.78 is 0. The Morgan fingerprint density at radius 2 is 1.60 bits per heavy atom. The van der Waals surface area contributed by atoms with E-state index in [-0.39, 0.29) is 5.91 Å². The predicted octanol–water partition coefficient (Wildman–Crippen LogP) is 4.60. The molecule has 5 nitrogen and oxygen atoms in total. The second-order valence-corrected chi connectivity index (χ2v) is 9.10. The highest BCUT2D eigenvalue weighted by Gasteiger charge is 2.40. The number of nitrogens with one attached hydrogen (secondary N) is 1. The van der Waals surface area contributed by atoms with Gasteiger partial charge in [-0.05, 0) is 31.1 Å². The van der Waals surface area contributed by atoms with E-state index in [4.69, 9.17) is 4.98 Å². The molecule has 1 N–H and O–H groups in total. The quantitative estimate of drug-likeness (QED) is 0.595. The minimum Gasteiger partial charge on any atom is -0.352 e. The van der Waals surface area contributed by atoms with Crippen LogP contribution in [0, 0.1) is 11.8 Å². The molecular formula is C24H24N4OS. The summed E-state index contributed by atoms with van der Waals surface area (Å²) in [7, 11) is 0. The van der Waals surface area contributed by atoms with Gasteiger partial charge in [0.05, 0.1) is 5.75 Å². The van der Waals surface area contributed by atoms with Crippen LogP contribution < -0.4 is 5.32 Å². The third kappa shape index (κ3) is 4.10. The van der Waals surface area contributed by atoms with Crippen molar-refractivity contribution in [2.75, 3.05) is 5.75 Å². The minimum atomic E-state index is 0.0644. The van der Waals surface area contributed by atoms with Gasteiger partial charge in [-0.2, -0.15) is 0 Å². The average molecular weight is 417 g/mol. The molecule has 2 aliphatic carbocycles. The minimum absolute atomic E-state index is 0.0644. The Balaban J connectivity index is 1.32. The molecule has 5 rings (SSSR count). The fourth-order valence-electron chi connectivity index (χ4n) is 4.76. The first kappa shape index (κ1) is 19.2. The standard InChI is InChI=1S/C24H24N4OS/c29-21(25-20-14-16-11-12-19(20)13-16)15-30-24-26-22(17-7-3-1-4-8-17)23(27-28-24)18-9-5-2-6-10-18/h1-10,16,19-20H,11-15H2,(H,25,29)/t16-,19+,20+/m0/s1. The molecule has 0 spiro atoms. The number of amides is 1. The lowest BCUT2D eigenvalue weighted by Gasteiger charge is -2.22. The number of hydrogen-bond donors (Lipinski definition) is 1. The van der Waals surface area contributed by atoms with E-state index in [9.17, 15) is 4.79 Å². The number of carbonyl (C=O) groups excluding carboxylic acids is 1. The number of fused-ring (bicyclic) bond motifs is 2. The molecule has 1 heterocycles. The lowest BCUT2D eigenvalue weighted by atomic mass is 9.95. The van der Waals surface area contributed by atoms with E-state index in [1.807, 2.05) is 60.7 Å². The molecule has 152 valence electrons. The van der Waals surface area contributed by atoms with Crippen LogP contribution >= 0.6 is 11.8 Å². The van der Waals surface area contributed by atoms with Gasteiger partial charge in [0.25, 0.3) is 0 Å². The van der Waals surface area contributed by atoms with Crippen molar-refractivity contribution in [1.82, 2.24) is 20.5 Å². The van der Waals surface area contributed by atoms with E-state index >= 15 is 0 Å². The van der Waals surface area contributed by atoms with Gasteiger partial charge < -0.3 is 5.32 Å². The molecular weight excluding hydrogens is 392 g/mol. The van der Waals surface area contributed by atoms with Crippen molar-refractivity contribution in [3.8, 4) is 22.5 Å². The van der Waals surface area contributed by atoms with E-state index in [1.54, 1.807) is 0 Å². The van der Waals surface area contributed by atoms with E-state index in [2.05, 4.69) is 15.5 Å². The zero-order valence-corrected chi connectivity index (χ0v) is 17.5. The van der Waals surface area contributed by atoms with Crippen LogP contribution in [-0.2, 0) is 4.79 Å². The van der Waals surface area contributed by atoms with Gasteiger partial charge in [-0.3, -0.25) is 4.79 Å². The van der Waals surface area contributed by atoms with E-state index < -0.39 is 0 Å². The Labute approximate surface area is 180 Å². The second kappa shape index (κ2) is 8.56. The molecule has 3 atom stereocenters. The summed E-state index contributed by atoms with van der Waals surface area (Å²) >= 11 is 1.35. The van der Waals surface area contributed by atoms with Crippen molar-refractivity contribution < 1.29 is 4.79 Å². The molecule has 0 saturated heterocycles. The van der Waals surface area contributed by atoms with Gasteiger partial charge >= 0.3 is 0 Å². The van der Waals surface area contributed by atoms with Crippen LogP contribution in [0.3, 0.4) is 0 Å². The van der Waals surface area contributed by atoms with Crippen molar-refractivity contribution in [2.45, 2.75) is 36.9 Å². The van der Waals surface area contributed by atoms with Crippen LogP contribution in [-0.4, -0.2) is 32.9 Å². The molecule has 3 aromatic rings. The van der Waals surface area contributed by atoms with Crippen molar-refractivity contribution in [3.63, 3.8) is 0 Å². The number of carbonyl (C=O) groups is 1. The Morgan fingerprint density at radius 1 is 0.900 bits per heavy atom. The second-order valence-electron chi connectivity index (χ2n) is 8.16. The Hall–Kier alpha value is -2.73. The normalized spacial score (nSPS) is 22.2. The van der Waals surface area contributed by atoms with Crippen molar-refractivity contribution >= 4 is 17.7 Å². The predicted molar refractivity (Wildman–Crippen MR) is 119 cm³/mol. The summed E-state index contributed by atoms with van der Waals surface area (Å²) in [6, 6.07) is 20.3. The van der Waals surface area contributed by atoms with Crippen LogP contribution in [0.15, 0.2) is 65.8 Å². The number of hydrogen-bond acceptors (Lipinski definition) is 5. The smallest absolute Gasteiger partial charge is 0.230 e. The molecule has 0 unspecified atom stereocenters. The van der Waals surface area contributed by atoms with Crippen LogP contribution in [0.1, 0.15) is 25.7 Å². The molecule has 30 heavy (non-hydrogen) atoms. The van der Waals surface area contributed by atoms with Gasteiger partial charge in [-0.25, -0.2) is 4.98 Å². The average Bonchev–Trinajstić information content (AvgIpc) is 3.42. The number of thioether (sulfide) groups is 1. The molecule has 0 radical (unpaired) electrons. The summed E-state index contributed by atoms with van der Waals surface area (Å²) in [6.45, 7) is 0. The van der Waals surface area contributed by atoms with Gasteiger partial charge in [0, 0.05) is 17.2 Å². The highest BCUT2D eigenvalue weighted by molar-refractivity contribution is 7.99. The molecule has 2 aliphatic rings. The van der Waals surface area contributed by atoms with Crippen LogP contribution in [0.4, 0.5) is 0 Å². The largest absolute Gasteiger partial charge is 0.352 e. The molecule has 1 amide bonds. The Morgan fingerprint density at radius 3 is 2.23 bits per heavy atom. The van der Waals surface area contributed by atoms with Gasteiger partial charge in [-0.15, -0.1) is 10.2 Å². The first-order valence-electron chi connectivity index (χ1n) is 10.5. The van der Waals surface area contributed by atoms with Crippen molar-refractivity contribution in [2.24, 2.45) is 11.8 Å². The van der Waals surface area contributed by atoms with Crippen LogP contribution in [0.2, 0.25) is 0 Å². The van der Waals surface area contributed by atoms with E-state index in [0.29, 0.717) is 22.9 Å². The van der Waals surface area contributed by atoms with Crippen LogP contribution in [0.25, 0.3) is 22.5 Å². The molecule has 2 fully saturated rings. The van der Waals surface area contributed by atoms with Gasteiger partial charge in [-0.1, -0.05) is 78.8 Å². The maximum absolute atomic E-state index is 12.5. The van der Waals surface area contributed by atoms with Crippen molar-refractivity contribution in [3.05, 3.63) is 60.7 Å². The van der Waals surface area contributed by atoms with E-state index in [0.717, 1.165) is 34.9 Å². The SMILES string of the molecule is O=C(CSc1nnc(-c2ccccc2)c(-c2ccccc2)n1)N[C@@H]1C[C@H]2CC[C@@H]1C2. The third-order valence-electron chi connectivity index (χ3n) is 6.18. The molecule has 2 bridgehead atoms. The van der Waals surface area contributed by atoms with Crippen LogP contribution in [0.5, 0.6) is 0 Å². The summed E-state index contributed by atoms with van der Waals surface area (Å²) in [6.07, 6.45) is 5.02. The summed E-state index contributed by atoms with van der Waals surface area (Å²) in [5.41, 5.74) is 3.49. The lowest BCUT2D eigenvalue weighted by molar-refractivity contribution is -0.119. The number of rotatable bonds is 6. The maximum atomic E-state index is 12.5. The summed E-state index contributed by atoms with van der Waals surface area (Å²) in [4.78, 5) is 17.3. The third-order valence-corrected chi connectivity index (χ3v) is 7.02. The maximum Gasteiger partial charge on any atom is 0.230 e. The number of aromatic nitrogens is 3. The first-order valence-corrected chi connectivity index (χ1v) is 11.5. The van der Waals surface area contributed by atoms with Crippen molar-refractivity contribution in [1.29, 1.82) is 0 Å². The number of benzene rings is 2. The van der Waals surface area contributed by atoms with Gasteiger partial charge in [0.2, 0.25) is 11.1 Å². The topological polar surface area (TPSA) is 67.8 Å². The molecule has 2 aromatic carbocycles. The van der Waals surface area contributed by atoms with Gasteiger partial charge in [0.1, 0.15) is 11.4 Å². The Kier molecular flexibility index (Phi) is 5.49. The summed E-state index contributed by atoms with van der Waals surface area (Å²) in [5, 5.41) is 12.5.